The number of benzene rings is 1. The molecule has 0 unspecified atom stereocenters. The lowest BCUT2D eigenvalue weighted by molar-refractivity contribution is -0.138. The number of ketones is 1. The molecule has 1 aliphatic carbocycles. The molecule has 1 aromatic carbocycles. The van der Waals surface area contributed by atoms with Crippen LogP contribution in [0.25, 0.3) is 0 Å². The summed E-state index contributed by atoms with van der Waals surface area (Å²) >= 11 is 0. The van der Waals surface area contributed by atoms with E-state index in [0.29, 0.717) is 0 Å². The zero-order valence-electron chi connectivity index (χ0n) is 13.3. The molecule has 0 amide bonds. The molecule has 25 heavy (non-hydrogen) atoms. The summed E-state index contributed by atoms with van der Waals surface area (Å²) in [5.74, 6) is -10.5. The van der Waals surface area contributed by atoms with Crippen LogP contribution < -0.4 is 5.32 Å². The predicted octanol–water partition coefficient (Wildman–Crippen LogP) is 2.88. The standard InChI is InChI=1S/C16H14F5NO3/c1-3-25-16(24)7(5-22-9-4-8(9)17)15(23)10-6(2)11(18)13(20)14(21)12(10)19/h5,8-9,22H,3-4H2,1-2H3/b7-5+/t8-,9+/m0/s1. The second-order valence-electron chi connectivity index (χ2n) is 5.39. The van der Waals surface area contributed by atoms with Crippen molar-refractivity contribution < 1.29 is 36.3 Å². The van der Waals surface area contributed by atoms with E-state index in [1.54, 1.807) is 0 Å². The van der Waals surface area contributed by atoms with Crippen LogP contribution in [0.5, 0.6) is 0 Å². The zero-order valence-corrected chi connectivity index (χ0v) is 13.3. The highest BCUT2D eigenvalue weighted by atomic mass is 19.2. The smallest absolute Gasteiger partial charge is 0.343 e. The monoisotopic (exact) mass is 363 g/mol. The Morgan fingerprint density at radius 1 is 1.16 bits per heavy atom. The third kappa shape index (κ3) is 3.64. The van der Waals surface area contributed by atoms with Gasteiger partial charge in [0, 0.05) is 18.2 Å². The van der Waals surface area contributed by atoms with Crippen molar-refractivity contribution in [2.45, 2.75) is 32.5 Å². The lowest BCUT2D eigenvalue weighted by Crippen LogP contribution is -2.23. The van der Waals surface area contributed by atoms with Gasteiger partial charge in [0.05, 0.1) is 18.2 Å². The first-order chi connectivity index (χ1) is 11.7. The molecule has 2 rings (SSSR count). The van der Waals surface area contributed by atoms with Crippen molar-refractivity contribution in [2.24, 2.45) is 0 Å². The molecule has 1 aliphatic rings. The molecule has 4 nitrogen and oxygen atoms in total. The van der Waals surface area contributed by atoms with E-state index in [2.05, 4.69) is 10.1 Å². The molecule has 2 atom stereocenters. The molecule has 1 aromatic rings. The summed E-state index contributed by atoms with van der Waals surface area (Å²) in [6, 6.07) is -0.634. The summed E-state index contributed by atoms with van der Waals surface area (Å²) < 4.78 is 71.8. The number of Topliss-reactive ketones (excluding diaryl/α,β-unsaturated/α-hetero) is 1. The Hall–Kier alpha value is -2.45. The molecular formula is C16H14F5NO3. The lowest BCUT2D eigenvalue weighted by atomic mass is 9.97. The summed E-state index contributed by atoms with van der Waals surface area (Å²) in [5.41, 5.74) is -2.72. The zero-order chi connectivity index (χ0) is 18.9. The van der Waals surface area contributed by atoms with Crippen molar-refractivity contribution in [3.05, 3.63) is 46.2 Å². The van der Waals surface area contributed by atoms with Gasteiger partial charge in [-0.1, -0.05) is 0 Å². The molecule has 0 aromatic heterocycles. The van der Waals surface area contributed by atoms with Crippen LogP contribution in [0.3, 0.4) is 0 Å². The molecule has 1 saturated carbocycles. The maximum atomic E-state index is 14.0. The van der Waals surface area contributed by atoms with Crippen LogP contribution in [0, 0.1) is 30.2 Å². The van der Waals surface area contributed by atoms with Crippen molar-refractivity contribution in [3.63, 3.8) is 0 Å². The van der Waals surface area contributed by atoms with E-state index in [1.165, 1.54) is 6.92 Å². The van der Waals surface area contributed by atoms with Crippen LogP contribution in [-0.2, 0) is 9.53 Å². The Balaban J connectivity index is 2.48. The van der Waals surface area contributed by atoms with E-state index in [-0.39, 0.29) is 13.0 Å². The third-order valence-electron chi connectivity index (χ3n) is 3.62. The number of nitrogens with one attached hydrogen (secondary N) is 1. The first kappa shape index (κ1) is 18.9. The van der Waals surface area contributed by atoms with Crippen molar-refractivity contribution in [1.82, 2.24) is 5.32 Å². The molecule has 136 valence electrons. The number of alkyl halides is 1. The fourth-order valence-electron chi connectivity index (χ4n) is 2.10. The Labute approximate surface area is 139 Å². The second-order valence-corrected chi connectivity index (χ2v) is 5.39. The highest BCUT2D eigenvalue weighted by Crippen LogP contribution is 2.27. The van der Waals surface area contributed by atoms with Crippen molar-refractivity contribution >= 4 is 11.8 Å². The molecule has 0 heterocycles. The number of carbonyl (C=O) groups excluding carboxylic acids is 2. The molecule has 0 spiro atoms. The number of hydrogen-bond acceptors (Lipinski definition) is 4. The van der Waals surface area contributed by atoms with Crippen LogP contribution in [-0.4, -0.2) is 30.6 Å². The topological polar surface area (TPSA) is 55.4 Å². The molecule has 9 heteroatoms. The molecule has 0 aliphatic heterocycles. The molecule has 0 saturated heterocycles. The predicted molar refractivity (Wildman–Crippen MR) is 76.5 cm³/mol. The maximum absolute atomic E-state index is 14.0. The number of esters is 1. The molecule has 0 bridgehead atoms. The molecule has 1 fully saturated rings. The fourth-order valence-corrected chi connectivity index (χ4v) is 2.10. The van der Waals surface area contributed by atoms with E-state index in [9.17, 15) is 31.5 Å². The SMILES string of the molecule is CCOC(=O)/C(=C/N[C@@H]1C[C@@H]1F)C(=O)c1c(C)c(F)c(F)c(F)c1F. The van der Waals surface area contributed by atoms with Gasteiger partial charge in [-0.15, -0.1) is 0 Å². The van der Waals surface area contributed by atoms with E-state index in [1.807, 2.05) is 0 Å². The van der Waals surface area contributed by atoms with E-state index >= 15 is 0 Å². The van der Waals surface area contributed by atoms with Crippen LogP contribution in [0.4, 0.5) is 22.0 Å². The fraction of sp³-hybridized carbons (Fsp3) is 0.375. The van der Waals surface area contributed by atoms with Gasteiger partial charge < -0.3 is 10.1 Å². The highest BCUT2D eigenvalue weighted by Gasteiger charge is 2.37. The number of hydrogen-bond donors (Lipinski definition) is 1. The van der Waals surface area contributed by atoms with Gasteiger partial charge in [0.25, 0.3) is 0 Å². The maximum Gasteiger partial charge on any atom is 0.343 e. The summed E-state index contributed by atoms with van der Waals surface area (Å²) in [7, 11) is 0. The minimum Gasteiger partial charge on any atom is -0.462 e. The summed E-state index contributed by atoms with van der Waals surface area (Å²) in [6.45, 7) is 2.17. The first-order valence-corrected chi connectivity index (χ1v) is 7.35. The summed E-state index contributed by atoms with van der Waals surface area (Å²) in [6.07, 6.45) is -0.217. The Morgan fingerprint density at radius 3 is 2.24 bits per heavy atom. The minimum atomic E-state index is -2.17. The molecule has 0 radical (unpaired) electrons. The first-order valence-electron chi connectivity index (χ1n) is 7.35. The number of rotatable bonds is 6. The minimum absolute atomic E-state index is 0.133. The number of halogens is 5. The molecular weight excluding hydrogens is 349 g/mol. The van der Waals surface area contributed by atoms with Gasteiger partial charge in [-0.25, -0.2) is 26.7 Å². The van der Waals surface area contributed by atoms with Gasteiger partial charge in [-0.2, -0.15) is 0 Å². The lowest BCUT2D eigenvalue weighted by Gasteiger charge is -2.12. The van der Waals surface area contributed by atoms with Crippen LogP contribution in [0.2, 0.25) is 0 Å². The molecule has 1 N–H and O–H groups in total. The van der Waals surface area contributed by atoms with E-state index in [0.717, 1.165) is 13.1 Å². The van der Waals surface area contributed by atoms with Gasteiger partial charge in [-0.05, 0) is 13.8 Å². The number of ether oxygens (including phenoxy) is 1. The van der Waals surface area contributed by atoms with Crippen LogP contribution in [0.15, 0.2) is 11.8 Å². The quantitative estimate of drug-likeness (QED) is 0.123. The van der Waals surface area contributed by atoms with Gasteiger partial charge in [0.1, 0.15) is 11.7 Å². The third-order valence-corrected chi connectivity index (χ3v) is 3.62. The van der Waals surface area contributed by atoms with Crippen molar-refractivity contribution in [2.75, 3.05) is 6.61 Å². The van der Waals surface area contributed by atoms with Gasteiger partial charge in [0.15, 0.2) is 23.3 Å². The van der Waals surface area contributed by atoms with E-state index < -0.39 is 63.9 Å². The summed E-state index contributed by atoms with van der Waals surface area (Å²) in [5, 5.41) is 2.43. The van der Waals surface area contributed by atoms with Crippen LogP contribution in [0.1, 0.15) is 29.3 Å². The van der Waals surface area contributed by atoms with Crippen molar-refractivity contribution in [3.8, 4) is 0 Å². The second kappa shape index (κ2) is 7.20. The van der Waals surface area contributed by atoms with Crippen LogP contribution >= 0.6 is 0 Å². The van der Waals surface area contributed by atoms with E-state index in [4.69, 9.17) is 0 Å². The van der Waals surface area contributed by atoms with Crippen molar-refractivity contribution in [1.29, 1.82) is 0 Å². The van der Waals surface area contributed by atoms with Gasteiger partial charge >= 0.3 is 5.97 Å². The normalized spacial score (nSPS) is 19.6. The largest absolute Gasteiger partial charge is 0.462 e. The number of carbonyl (C=O) groups is 2. The Bertz CT molecular complexity index is 734. The van der Waals surface area contributed by atoms with Gasteiger partial charge in [0.2, 0.25) is 5.78 Å². The Morgan fingerprint density at radius 2 is 1.72 bits per heavy atom. The highest BCUT2D eigenvalue weighted by molar-refractivity contribution is 6.24. The Kier molecular flexibility index (Phi) is 5.44. The average molecular weight is 363 g/mol. The average Bonchev–Trinajstić information content (AvgIpc) is 3.27. The van der Waals surface area contributed by atoms with Gasteiger partial charge in [-0.3, -0.25) is 4.79 Å². The summed E-state index contributed by atoms with van der Waals surface area (Å²) in [4.78, 5) is 24.3.